The van der Waals surface area contributed by atoms with E-state index in [0.29, 0.717) is 0 Å². The van der Waals surface area contributed by atoms with E-state index < -0.39 is 0 Å². The molecular formula is C14H19BrN4. The van der Waals surface area contributed by atoms with Gasteiger partial charge in [0, 0.05) is 29.9 Å². The molecule has 0 atom stereocenters. The van der Waals surface area contributed by atoms with Crippen LogP contribution in [0.25, 0.3) is 0 Å². The van der Waals surface area contributed by atoms with E-state index in [0.717, 1.165) is 47.6 Å². The highest BCUT2D eigenvalue weighted by atomic mass is 79.9. The van der Waals surface area contributed by atoms with Crippen LogP contribution >= 0.6 is 15.9 Å². The molecule has 2 aliphatic heterocycles. The van der Waals surface area contributed by atoms with E-state index in [1.165, 1.54) is 0 Å². The van der Waals surface area contributed by atoms with Crippen molar-refractivity contribution in [2.75, 3.05) is 29.9 Å². The molecule has 4 nitrogen and oxygen atoms in total. The summed E-state index contributed by atoms with van der Waals surface area (Å²) in [5.74, 6) is 0.797. The third-order valence-corrected chi connectivity index (χ3v) is 4.52. The van der Waals surface area contributed by atoms with E-state index in [1.54, 1.807) is 4.90 Å². The first-order valence-corrected chi connectivity index (χ1v) is 7.38. The lowest BCUT2D eigenvalue weighted by molar-refractivity contribution is 0.447. The van der Waals surface area contributed by atoms with Gasteiger partial charge in [-0.15, -0.1) is 0 Å². The van der Waals surface area contributed by atoms with Crippen molar-refractivity contribution in [3.05, 3.63) is 28.6 Å². The minimum atomic E-state index is 0.221. The maximum absolute atomic E-state index is 8.36. The molecule has 0 amide bonds. The van der Waals surface area contributed by atoms with Gasteiger partial charge in [-0.2, -0.15) is 0 Å². The number of hydrogen-bond donors (Lipinski definition) is 1. The Morgan fingerprint density at radius 2 is 2.16 bits per heavy atom. The SMILES string of the molecule is [2H]C1=C([2H])N(C2CCNCC2)c2nc(C)c(Br)cc2N1C. The minimum absolute atomic E-state index is 0.221. The molecule has 102 valence electrons. The van der Waals surface area contributed by atoms with Crippen molar-refractivity contribution >= 4 is 27.4 Å². The molecule has 3 heterocycles. The summed E-state index contributed by atoms with van der Waals surface area (Å²) in [6.07, 6.45) is 2.40. The zero-order chi connectivity index (χ0) is 15.1. The topological polar surface area (TPSA) is 31.4 Å². The number of pyridine rings is 1. The van der Waals surface area contributed by atoms with Crippen LogP contribution in [0, 0.1) is 6.92 Å². The molecular weight excluding hydrogens is 304 g/mol. The number of fused-ring (bicyclic) bond motifs is 1. The summed E-state index contributed by atoms with van der Waals surface area (Å²) in [6.45, 7) is 3.85. The van der Waals surface area contributed by atoms with Crippen molar-refractivity contribution in [3.8, 4) is 0 Å². The first-order valence-electron chi connectivity index (χ1n) is 7.59. The lowest BCUT2D eigenvalue weighted by Crippen LogP contribution is -2.42. The maximum Gasteiger partial charge on any atom is 0.157 e. The molecule has 0 bridgehead atoms. The van der Waals surface area contributed by atoms with Crippen LogP contribution in [-0.2, 0) is 0 Å². The number of hydrogen-bond acceptors (Lipinski definition) is 4. The normalized spacial score (nSPS) is 22.3. The molecule has 1 aromatic rings. The summed E-state index contributed by atoms with van der Waals surface area (Å²) in [6, 6.07) is 2.23. The number of nitrogens with zero attached hydrogens (tertiary/aromatic N) is 3. The number of rotatable bonds is 1. The first kappa shape index (κ1) is 10.7. The number of piperidine rings is 1. The Morgan fingerprint density at radius 1 is 1.42 bits per heavy atom. The fourth-order valence-corrected chi connectivity index (χ4v) is 2.86. The Hall–Kier alpha value is -1.07. The zero-order valence-electron chi connectivity index (χ0n) is 13.2. The van der Waals surface area contributed by atoms with Crippen LogP contribution in [0.15, 0.2) is 22.9 Å². The summed E-state index contributed by atoms with van der Waals surface area (Å²) in [7, 11) is 1.82. The minimum Gasteiger partial charge on any atom is -0.347 e. The van der Waals surface area contributed by atoms with Crippen molar-refractivity contribution in [3.63, 3.8) is 0 Å². The summed E-state index contributed by atoms with van der Waals surface area (Å²) in [4.78, 5) is 8.36. The Balaban J connectivity index is 2.11. The monoisotopic (exact) mass is 324 g/mol. The molecule has 1 N–H and O–H groups in total. The van der Waals surface area contributed by atoms with E-state index in [4.69, 9.17) is 2.74 Å². The van der Waals surface area contributed by atoms with Crippen molar-refractivity contribution in [2.45, 2.75) is 25.8 Å². The van der Waals surface area contributed by atoms with Crippen molar-refractivity contribution in [1.82, 2.24) is 10.3 Å². The number of anilines is 2. The molecule has 1 fully saturated rings. The van der Waals surface area contributed by atoms with Gasteiger partial charge in [-0.05, 0) is 54.9 Å². The van der Waals surface area contributed by atoms with Gasteiger partial charge in [-0.1, -0.05) is 0 Å². The van der Waals surface area contributed by atoms with Crippen LogP contribution in [0.4, 0.5) is 11.5 Å². The average Bonchev–Trinajstić information content (AvgIpc) is 2.49. The molecule has 1 aromatic heterocycles. The fraction of sp³-hybridized carbons (Fsp3) is 0.500. The Bertz CT molecular complexity index is 599. The molecule has 2 aliphatic rings. The predicted molar refractivity (Wildman–Crippen MR) is 82.6 cm³/mol. The molecule has 0 spiro atoms. The zero-order valence-corrected chi connectivity index (χ0v) is 12.8. The largest absolute Gasteiger partial charge is 0.347 e. The van der Waals surface area contributed by atoms with Crippen LogP contribution in [0.3, 0.4) is 0 Å². The smallest absolute Gasteiger partial charge is 0.157 e. The predicted octanol–water partition coefficient (Wildman–Crippen LogP) is 2.63. The summed E-state index contributed by atoms with van der Waals surface area (Å²) in [5, 5.41) is 3.34. The number of aryl methyl sites for hydroxylation is 1. The molecule has 0 unspecified atom stereocenters. The van der Waals surface area contributed by atoms with Gasteiger partial charge in [0.15, 0.2) is 5.82 Å². The van der Waals surface area contributed by atoms with Crippen LogP contribution in [0.1, 0.15) is 21.3 Å². The number of halogens is 1. The summed E-state index contributed by atoms with van der Waals surface area (Å²) < 4.78 is 17.5. The third kappa shape index (κ3) is 2.37. The standard InChI is InChI=1S/C14H19BrN4/c1-10-12(15)9-13-14(17-10)19(8-7-18(13)2)11-3-5-16-6-4-11/h7-9,11,16H,3-6H2,1-2H3/i7D,8D. The summed E-state index contributed by atoms with van der Waals surface area (Å²) >= 11 is 3.51. The van der Waals surface area contributed by atoms with E-state index in [1.807, 2.05) is 24.9 Å². The highest BCUT2D eigenvalue weighted by Gasteiger charge is 2.26. The van der Waals surface area contributed by atoms with Crippen molar-refractivity contribution < 1.29 is 2.74 Å². The maximum atomic E-state index is 8.36. The van der Waals surface area contributed by atoms with Gasteiger partial charge >= 0.3 is 0 Å². The lowest BCUT2D eigenvalue weighted by Gasteiger charge is -2.38. The summed E-state index contributed by atoms with van der Waals surface area (Å²) in [5.41, 5.74) is 1.79. The molecule has 5 heteroatoms. The van der Waals surface area contributed by atoms with Gasteiger partial charge in [0.1, 0.15) is 0 Å². The van der Waals surface area contributed by atoms with Crippen LogP contribution < -0.4 is 15.1 Å². The third-order valence-electron chi connectivity index (χ3n) is 3.71. The molecule has 19 heavy (non-hydrogen) atoms. The second-order valence-corrected chi connectivity index (χ2v) is 5.89. The molecule has 0 aliphatic carbocycles. The molecule has 0 aromatic carbocycles. The molecule has 0 saturated carbocycles. The molecule has 0 radical (unpaired) electrons. The molecule has 1 saturated heterocycles. The van der Waals surface area contributed by atoms with Crippen LogP contribution in [-0.4, -0.2) is 31.2 Å². The first-order chi connectivity index (χ1) is 10.0. The van der Waals surface area contributed by atoms with Gasteiger partial charge in [-0.3, -0.25) is 0 Å². The average molecular weight is 325 g/mol. The fourth-order valence-electron chi connectivity index (χ4n) is 2.55. The van der Waals surface area contributed by atoms with Gasteiger partial charge in [0.2, 0.25) is 0 Å². The Morgan fingerprint density at radius 3 is 2.89 bits per heavy atom. The Labute approximate surface area is 125 Å². The van der Waals surface area contributed by atoms with E-state index in [2.05, 4.69) is 26.2 Å². The number of nitrogens with one attached hydrogen (secondary N) is 1. The highest BCUT2D eigenvalue weighted by Crippen LogP contribution is 2.36. The van der Waals surface area contributed by atoms with Gasteiger partial charge in [-0.25, -0.2) is 4.98 Å². The van der Waals surface area contributed by atoms with Crippen molar-refractivity contribution in [2.24, 2.45) is 0 Å². The van der Waals surface area contributed by atoms with Gasteiger partial charge in [0.05, 0.1) is 14.1 Å². The lowest BCUT2D eigenvalue weighted by atomic mass is 10.0. The highest BCUT2D eigenvalue weighted by molar-refractivity contribution is 9.10. The van der Waals surface area contributed by atoms with Gasteiger partial charge in [0.25, 0.3) is 0 Å². The van der Waals surface area contributed by atoms with Gasteiger partial charge < -0.3 is 15.1 Å². The van der Waals surface area contributed by atoms with E-state index in [-0.39, 0.29) is 18.4 Å². The second-order valence-electron chi connectivity index (χ2n) is 5.03. The molecule has 3 rings (SSSR count). The second kappa shape index (κ2) is 5.13. The van der Waals surface area contributed by atoms with Crippen LogP contribution in [0.5, 0.6) is 0 Å². The quantitative estimate of drug-likeness (QED) is 0.860. The Kier molecular flexibility index (Phi) is 2.89. The van der Waals surface area contributed by atoms with E-state index >= 15 is 0 Å². The van der Waals surface area contributed by atoms with E-state index in [9.17, 15) is 0 Å². The van der Waals surface area contributed by atoms with Crippen molar-refractivity contribution in [1.29, 1.82) is 0 Å². The van der Waals surface area contributed by atoms with Crippen LogP contribution in [0.2, 0.25) is 0 Å². The number of aromatic nitrogens is 1.